The van der Waals surface area contributed by atoms with Gasteiger partial charge >= 0.3 is 0 Å². The van der Waals surface area contributed by atoms with Gasteiger partial charge in [0.15, 0.2) is 0 Å². The van der Waals surface area contributed by atoms with Crippen molar-refractivity contribution in [1.82, 2.24) is 20.2 Å². The van der Waals surface area contributed by atoms with Crippen molar-refractivity contribution >= 4 is 11.6 Å². The van der Waals surface area contributed by atoms with Gasteiger partial charge in [0.1, 0.15) is 18.0 Å². The van der Waals surface area contributed by atoms with Crippen LogP contribution in [0.5, 0.6) is 0 Å². The van der Waals surface area contributed by atoms with Crippen LogP contribution in [0.2, 0.25) is 0 Å². The van der Waals surface area contributed by atoms with Gasteiger partial charge in [-0.15, -0.1) is 0 Å². The largest absolute Gasteiger partial charge is 0.373 e. The summed E-state index contributed by atoms with van der Waals surface area (Å²) in [7, 11) is 1.86. The second-order valence-corrected chi connectivity index (χ2v) is 4.41. The third kappa shape index (κ3) is 4.12. The van der Waals surface area contributed by atoms with Gasteiger partial charge in [0, 0.05) is 45.8 Å². The van der Waals surface area contributed by atoms with Gasteiger partial charge in [-0.3, -0.25) is 0 Å². The summed E-state index contributed by atoms with van der Waals surface area (Å²) in [6, 6.07) is 1.92. The van der Waals surface area contributed by atoms with Gasteiger partial charge < -0.3 is 20.9 Å². The first-order chi connectivity index (χ1) is 8.88. The monoisotopic (exact) mass is 250 g/mol. The lowest BCUT2D eigenvalue weighted by Crippen LogP contribution is -2.44. The van der Waals surface area contributed by atoms with E-state index < -0.39 is 0 Å². The molecule has 1 aliphatic rings. The predicted molar refractivity (Wildman–Crippen MR) is 74.0 cm³/mol. The smallest absolute Gasteiger partial charge is 0.131 e. The molecule has 0 spiro atoms. The lowest BCUT2D eigenvalue weighted by atomic mass is 10.3. The molecule has 0 aromatic carbocycles. The van der Waals surface area contributed by atoms with Crippen molar-refractivity contribution in [3.05, 3.63) is 12.4 Å². The molecule has 0 amide bonds. The van der Waals surface area contributed by atoms with Crippen molar-refractivity contribution < 1.29 is 0 Å². The highest BCUT2D eigenvalue weighted by Gasteiger charge is 2.08. The molecule has 0 saturated carbocycles. The van der Waals surface area contributed by atoms with Crippen LogP contribution in [0.3, 0.4) is 0 Å². The summed E-state index contributed by atoms with van der Waals surface area (Å²) in [5.74, 6) is 1.73. The van der Waals surface area contributed by atoms with E-state index in [0.29, 0.717) is 0 Å². The first-order valence-electron chi connectivity index (χ1n) is 6.55. The molecular formula is C12H22N6. The fraction of sp³-hybridized carbons (Fsp3) is 0.667. The van der Waals surface area contributed by atoms with Gasteiger partial charge in [0.25, 0.3) is 0 Å². The summed E-state index contributed by atoms with van der Waals surface area (Å²) in [6.07, 6.45) is 2.71. The average molecular weight is 250 g/mol. The zero-order chi connectivity index (χ0) is 12.6. The number of hydrogen-bond acceptors (Lipinski definition) is 6. The SMILES string of the molecule is CNc1cc(NCCCN2CCNCC2)ncn1. The molecule has 0 aliphatic carbocycles. The van der Waals surface area contributed by atoms with Crippen LogP contribution in [0.4, 0.5) is 11.6 Å². The molecule has 1 fully saturated rings. The number of nitrogens with one attached hydrogen (secondary N) is 3. The van der Waals surface area contributed by atoms with Crippen LogP contribution in [0.1, 0.15) is 6.42 Å². The van der Waals surface area contributed by atoms with E-state index in [1.807, 2.05) is 13.1 Å². The lowest BCUT2D eigenvalue weighted by Gasteiger charge is -2.27. The van der Waals surface area contributed by atoms with Crippen LogP contribution >= 0.6 is 0 Å². The van der Waals surface area contributed by atoms with Crippen molar-refractivity contribution in [3.63, 3.8) is 0 Å². The Morgan fingerprint density at radius 3 is 2.83 bits per heavy atom. The van der Waals surface area contributed by atoms with Crippen LogP contribution in [-0.4, -0.2) is 61.2 Å². The van der Waals surface area contributed by atoms with Crippen LogP contribution in [0, 0.1) is 0 Å². The molecule has 1 aromatic heterocycles. The van der Waals surface area contributed by atoms with E-state index in [0.717, 1.165) is 57.3 Å². The standard InChI is InChI=1S/C12H22N6/c1-13-11-9-12(17-10-16-11)15-3-2-6-18-7-4-14-5-8-18/h9-10,14H,2-8H2,1H3,(H2,13,15,16,17). The van der Waals surface area contributed by atoms with Crippen LogP contribution < -0.4 is 16.0 Å². The van der Waals surface area contributed by atoms with E-state index in [1.165, 1.54) is 0 Å². The highest BCUT2D eigenvalue weighted by molar-refractivity contribution is 5.45. The Labute approximate surface area is 108 Å². The molecule has 2 heterocycles. The normalized spacial score (nSPS) is 16.5. The Morgan fingerprint density at radius 1 is 1.28 bits per heavy atom. The lowest BCUT2D eigenvalue weighted by molar-refractivity contribution is 0.240. The molecule has 1 saturated heterocycles. The summed E-state index contributed by atoms with van der Waals surface area (Å²) in [4.78, 5) is 10.8. The van der Waals surface area contributed by atoms with Gasteiger partial charge in [-0.2, -0.15) is 0 Å². The minimum atomic E-state index is 0.842. The van der Waals surface area contributed by atoms with Crippen LogP contribution in [0.25, 0.3) is 0 Å². The molecule has 1 aliphatic heterocycles. The van der Waals surface area contributed by atoms with Gasteiger partial charge in [-0.25, -0.2) is 9.97 Å². The van der Waals surface area contributed by atoms with Crippen LogP contribution in [0.15, 0.2) is 12.4 Å². The number of aromatic nitrogens is 2. The van der Waals surface area contributed by atoms with Gasteiger partial charge in [0.2, 0.25) is 0 Å². The molecule has 0 bridgehead atoms. The summed E-state index contributed by atoms with van der Waals surface area (Å²) < 4.78 is 0. The molecule has 0 radical (unpaired) electrons. The third-order valence-electron chi connectivity index (χ3n) is 3.09. The highest BCUT2D eigenvalue weighted by Crippen LogP contribution is 2.07. The molecule has 6 heteroatoms. The third-order valence-corrected chi connectivity index (χ3v) is 3.09. The summed E-state index contributed by atoms with van der Waals surface area (Å²) in [5.41, 5.74) is 0. The van der Waals surface area contributed by atoms with Crippen molar-refractivity contribution in [2.45, 2.75) is 6.42 Å². The van der Waals surface area contributed by atoms with Gasteiger partial charge in [-0.1, -0.05) is 0 Å². The van der Waals surface area contributed by atoms with E-state index in [4.69, 9.17) is 0 Å². The zero-order valence-corrected chi connectivity index (χ0v) is 10.9. The van der Waals surface area contributed by atoms with E-state index in [9.17, 15) is 0 Å². The second-order valence-electron chi connectivity index (χ2n) is 4.41. The number of piperazine rings is 1. The molecule has 6 nitrogen and oxygen atoms in total. The molecule has 0 atom stereocenters. The maximum absolute atomic E-state index is 4.19. The fourth-order valence-corrected chi connectivity index (χ4v) is 2.04. The number of nitrogens with zero attached hydrogens (tertiary/aromatic N) is 3. The number of rotatable bonds is 6. The topological polar surface area (TPSA) is 65.1 Å². The molecule has 3 N–H and O–H groups in total. The zero-order valence-electron chi connectivity index (χ0n) is 10.9. The van der Waals surface area contributed by atoms with Crippen LogP contribution in [-0.2, 0) is 0 Å². The first-order valence-corrected chi connectivity index (χ1v) is 6.55. The molecular weight excluding hydrogens is 228 g/mol. The summed E-state index contributed by atoms with van der Waals surface area (Å²) in [5, 5.41) is 9.69. The van der Waals surface area contributed by atoms with E-state index in [-0.39, 0.29) is 0 Å². The quantitative estimate of drug-likeness (QED) is 0.628. The molecule has 2 rings (SSSR count). The van der Waals surface area contributed by atoms with Crippen molar-refractivity contribution in [1.29, 1.82) is 0 Å². The van der Waals surface area contributed by atoms with E-state index >= 15 is 0 Å². The Bertz CT molecular complexity index is 350. The first kappa shape index (κ1) is 13.0. The second kappa shape index (κ2) is 7.13. The minimum absolute atomic E-state index is 0.842. The van der Waals surface area contributed by atoms with Gasteiger partial charge in [-0.05, 0) is 13.0 Å². The minimum Gasteiger partial charge on any atom is -0.373 e. The van der Waals surface area contributed by atoms with E-state index in [1.54, 1.807) is 6.33 Å². The maximum Gasteiger partial charge on any atom is 0.131 e. The Morgan fingerprint density at radius 2 is 2.06 bits per heavy atom. The Kier molecular flexibility index (Phi) is 5.16. The molecule has 0 unspecified atom stereocenters. The number of hydrogen-bond donors (Lipinski definition) is 3. The molecule has 100 valence electrons. The van der Waals surface area contributed by atoms with Crippen molar-refractivity contribution in [2.24, 2.45) is 0 Å². The maximum atomic E-state index is 4.19. The predicted octanol–water partition coefficient (Wildman–Crippen LogP) is 0.226. The Hall–Kier alpha value is -1.40. The molecule has 18 heavy (non-hydrogen) atoms. The van der Waals surface area contributed by atoms with Crippen molar-refractivity contribution in [3.8, 4) is 0 Å². The average Bonchev–Trinajstić information content (AvgIpc) is 2.45. The molecule has 1 aromatic rings. The Balaban J connectivity index is 1.65. The van der Waals surface area contributed by atoms with Gasteiger partial charge in [0.05, 0.1) is 0 Å². The highest BCUT2D eigenvalue weighted by atomic mass is 15.2. The van der Waals surface area contributed by atoms with Crippen molar-refractivity contribution in [2.75, 3.05) is 56.9 Å². The fourth-order valence-electron chi connectivity index (χ4n) is 2.04. The number of anilines is 2. The summed E-state index contributed by atoms with van der Waals surface area (Å²) in [6.45, 7) is 6.66. The van der Waals surface area contributed by atoms with E-state index in [2.05, 4.69) is 30.8 Å². The summed E-state index contributed by atoms with van der Waals surface area (Å²) >= 11 is 0.